The van der Waals surface area contributed by atoms with E-state index in [-0.39, 0.29) is 5.54 Å². The number of rotatable bonds is 1. The Labute approximate surface area is 108 Å². The van der Waals surface area contributed by atoms with Gasteiger partial charge in [0.2, 0.25) is 0 Å². The Morgan fingerprint density at radius 1 is 1.53 bits per heavy atom. The molecule has 1 fully saturated rings. The van der Waals surface area contributed by atoms with Gasteiger partial charge in [-0.25, -0.2) is 0 Å². The second-order valence-corrected chi connectivity index (χ2v) is 6.80. The molecule has 0 aliphatic carbocycles. The smallest absolute Gasteiger partial charge is 0.0808 e. The molecule has 1 aliphatic rings. The predicted octanol–water partition coefficient (Wildman–Crippen LogP) is 4.22. The first-order chi connectivity index (χ1) is 6.98. The summed E-state index contributed by atoms with van der Waals surface area (Å²) in [4.78, 5) is 0. The van der Waals surface area contributed by atoms with Gasteiger partial charge < -0.3 is 0 Å². The van der Waals surface area contributed by atoms with E-state index in [1.54, 1.807) is 0 Å². The van der Waals surface area contributed by atoms with Gasteiger partial charge in [0.1, 0.15) is 0 Å². The van der Waals surface area contributed by atoms with E-state index in [1.807, 2.05) is 23.9 Å². The van der Waals surface area contributed by atoms with Crippen molar-refractivity contribution in [2.45, 2.75) is 24.8 Å². The highest BCUT2D eigenvalue weighted by molar-refractivity contribution is 9.10. The Bertz CT molecular complexity index is 381. The van der Waals surface area contributed by atoms with E-state index in [0.717, 1.165) is 15.2 Å². The van der Waals surface area contributed by atoms with E-state index >= 15 is 0 Å². The van der Waals surface area contributed by atoms with Gasteiger partial charge in [0.25, 0.3) is 0 Å². The zero-order valence-corrected chi connectivity index (χ0v) is 11.8. The van der Waals surface area contributed by atoms with Crippen molar-refractivity contribution in [3.05, 3.63) is 33.3 Å². The van der Waals surface area contributed by atoms with Gasteiger partial charge in [-0.05, 0) is 31.5 Å². The quantitative estimate of drug-likeness (QED) is 0.834. The molecule has 1 unspecified atom stereocenters. The van der Waals surface area contributed by atoms with Crippen molar-refractivity contribution < 1.29 is 0 Å². The normalized spacial score (nSPS) is 24.4. The summed E-state index contributed by atoms with van der Waals surface area (Å²) in [5, 5.41) is 4.72. The lowest BCUT2D eigenvalue weighted by molar-refractivity contribution is 0.452. The second kappa shape index (κ2) is 4.28. The van der Waals surface area contributed by atoms with Crippen molar-refractivity contribution >= 4 is 39.3 Å². The van der Waals surface area contributed by atoms with Gasteiger partial charge in [0.05, 0.1) is 5.37 Å². The van der Waals surface area contributed by atoms with Crippen LogP contribution < -0.4 is 5.32 Å². The van der Waals surface area contributed by atoms with Crippen molar-refractivity contribution in [1.82, 2.24) is 5.32 Å². The third-order valence-electron chi connectivity index (χ3n) is 2.38. The van der Waals surface area contributed by atoms with Gasteiger partial charge in [-0.1, -0.05) is 33.6 Å². The zero-order chi connectivity index (χ0) is 11.1. The lowest BCUT2D eigenvalue weighted by atomic mass is 10.1. The first kappa shape index (κ1) is 11.8. The molecule has 1 aliphatic heterocycles. The van der Waals surface area contributed by atoms with E-state index in [4.69, 9.17) is 11.6 Å². The van der Waals surface area contributed by atoms with Crippen LogP contribution in [0, 0.1) is 0 Å². The molecule has 1 N–H and O–H groups in total. The number of hydrogen-bond acceptors (Lipinski definition) is 2. The minimum atomic E-state index is 0.200. The molecule has 15 heavy (non-hydrogen) atoms. The van der Waals surface area contributed by atoms with Gasteiger partial charge >= 0.3 is 0 Å². The number of nitrogens with one attached hydrogen (secondary N) is 1. The molecule has 2 rings (SSSR count). The van der Waals surface area contributed by atoms with Crippen molar-refractivity contribution in [3.8, 4) is 0 Å². The lowest BCUT2D eigenvalue weighted by Gasteiger charge is -2.19. The van der Waals surface area contributed by atoms with E-state index in [0.29, 0.717) is 5.37 Å². The van der Waals surface area contributed by atoms with E-state index in [1.165, 1.54) is 5.56 Å². The van der Waals surface area contributed by atoms with Crippen LogP contribution in [0.5, 0.6) is 0 Å². The van der Waals surface area contributed by atoms with Crippen molar-refractivity contribution in [1.29, 1.82) is 0 Å². The second-order valence-electron chi connectivity index (χ2n) is 4.39. The summed E-state index contributed by atoms with van der Waals surface area (Å²) in [6.07, 6.45) is 0. The third-order valence-corrected chi connectivity index (χ3v) is 4.79. The van der Waals surface area contributed by atoms with E-state index < -0.39 is 0 Å². The summed E-state index contributed by atoms with van der Waals surface area (Å²) in [7, 11) is 0. The Morgan fingerprint density at radius 3 is 2.80 bits per heavy atom. The van der Waals surface area contributed by atoms with Crippen LogP contribution in [-0.4, -0.2) is 11.3 Å². The van der Waals surface area contributed by atoms with Gasteiger partial charge in [0, 0.05) is 20.8 Å². The van der Waals surface area contributed by atoms with E-state index in [9.17, 15) is 0 Å². The number of halogens is 2. The van der Waals surface area contributed by atoms with Crippen LogP contribution in [0.2, 0.25) is 5.02 Å². The Kier molecular flexibility index (Phi) is 3.36. The molecule has 1 aromatic carbocycles. The van der Waals surface area contributed by atoms with Crippen LogP contribution in [0.1, 0.15) is 24.8 Å². The lowest BCUT2D eigenvalue weighted by Crippen LogP contribution is -2.35. The third kappa shape index (κ3) is 2.70. The van der Waals surface area contributed by atoms with Crippen LogP contribution in [0.25, 0.3) is 0 Å². The number of benzene rings is 1. The minimum absolute atomic E-state index is 0.200. The zero-order valence-electron chi connectivity index (χ0n) is 8.68. The molecule has 0 bridgehead atoms. The predicted molar refractivity (Wildman–Crippen MR) is 71.6 cm³/mol. The molecule has 0 aromatic heterocycles. The topological polar surface area (TPSA) is 12.0 Å². The monoisotopic (exact) mass is 305 g/mol. The molecule has 4 heteroatoms. The highest BCUT2D eigenvalue weighted by Crippen LogP contribution is 2.40. The van der Waals surface area contributed by atoms with Crippen LogP contribution in [0.4, 0.5) is 0 Å². The fourth-order valence-electron chi connectivity index (χ4n) is 1.61. The molecule has 1 saturated heterocycles. The molecule has 1 nitrogen and oxygen atoms in total. The van der Waals surface area contributed by atoms with Crippen molar-refractivity contribution in [2.75, 3.05) is 5.75 Å². The maximum absolute atomic E-state index is 6.22. The molecule has 0 spiro atoms. The highest BCUT2D eigenvalue weighted by Gasteiger charge is 2.32. The first-order valence-corrected chi connectivity index (χ1v) is 7.04. The van der Waals surface area contributed by atoms with Crippen molar-refractivity contribution in [3.63, 3.8) is 0 Å². The maximum atomic E-state index is 6.22. The van der Waals surface area contributed by atoms with Crippen LogP contribution in [0.15, 0.2) is 22.7 Å². The molecular weight excluding hydrogens is 294 g/mol. The fourth-order valence-corrected chi connectivity index (χ4v) is 3.91. The summed E-state index contributed by atoms with van der Waals surface area (Å²) in [6.45, 7) is 4.43. The average Bonchev–Trinajstić information content (AvgIpc) is 2.46. The fraction of sp³-hybridized carbons (Fsp3) is 0.455. The molecule has 82 valence electrons. The summed E-state index contributed by atoms with van der Waals surface area (Å²) >= 11 is 11.5. The SMILES string of the molecule is CC1(C)CSC(c2ccc(Br)cc2Cl)N1. The summed E-state index contributed by atoms with van der Waals surface area (Å²) in [6, 6.07) is 6.07. The minimum Gasteiger partial charge on any atom is -0.296 e. The van der Waals surface area contributed by atoms with Crippen LogP contribution >= 0.6 is 39.3 Å². The highest BCUT2D eigenvalue weighted by atomic mass is 79.9. The number of hydrogen-bond donors (Lipinski definition) is 1. The van der Waals surface area contributed by atoms with Gasteiger partial charge in [-0.3, -0.25) is 5.32 Å². The molecule has 0 saturated carbocycles. The van der Waals surface area contributed by atoms with Crippen LogP contribution in [-0.2, 0) is 0 Å². The van der Waals surface area contributed by atoms with Gasteiger partial charge in [-0.15, -0.1) is 11.8 Å². The standard InChI is InChI=1S/C11H13BrClNS/c1-11(2)6-15-10(14-11)8-4-3-7(12)5-9(8)13/h3-5,10,14H,6H2,1-2H3. The molecular formula is C11H13BrClNS. The van der Waals surface area contributed by atoms with Crippen LogP contribution in [0.3, 0.4) is 0 Å². The summed E-state index contributed by atoms with van der Waals surface area (Å²) in [5.41, 5.74) is 1.38. The summed E-state index contributed by atoms with van der Waals surface area (Å²) < 4.78 is 1.03. The molecule has 1 aromatic rings. The average molecular weight is 307 g/mol. The number of thioether (sulfide) groups is 1. The molecule has 0 amide bonds. The maximum Gasteiger partial charge on any atom is 0.0808 e. The Balaban J connectivity index is 2.24. The first-order valence-electron chi connectivity index (χ1n) is 4.82. The van der Waals surface area contributed by atoms with Gasteiger partial charge in [-0.2, -0.15) is 0 Å². The molecule has 0 radical (unpaired) electrons. The van der Waals surface area contributed by atoms with E-state index in [2.05, 4.69) is 41.2 Å². The Morgan fingerprint density at radius 2 is 2.27 bits per heavy atom. The summed E-state index contributed by atoms with van der Waals surface area (Å²) in [5.74, 6) is 1.12. The van der Waals surface area contributed by atoms with Crippen molar-refractivity contribution in [2.24, 2.45) is 0 Å². The molecule has 1 atom stereocenters. The largest absolute Gasteiger partial charge is 0.296 e. The van der Waals surface area contributed by atoms with Gasteiger partial charge in [0.15, 0.2) is 0 Å². The Hall–Kier alpha value is 0.300. The molecule has 1 heterocycles.